The summed E-state index contributed by atoms with van der Waals surface area (Å²) >= 11 is 0. The van der Waals surface area contributed by atoms with Crippen LogP contribution in [0.25, 0.3) is 0 Å². The highest BCUT2D eigenvalue weighted by atomic mass is 16.4. The molecule has 5 nitrogen and oxygen atoms in total. The molecule has 0 radical (unpaired) electrons. The van der Waals surface area contributed by atoms with E-state index in [1.54, 1.807) is 7.05 Å². The smallest absolute Gasteiger partial charge is 0.321 e. The molecule has 0 spiro atoms. The zero-order chi connectivity index (χ0) is 13.9. The van der Waals surface area contributed by atoms with E-state index in [9.17, 15) is 9.59 Å². The molecule has 98 valence electrons. The Bertz CT molecular complexity index is 471. The number of anilines is 1. The van der Waals surface area contributed by atoms with Gasteiger partial charge in [0.25, 0.3) is 0 Å². The number of carboxylic acid groups (broad SMARTS) is 1. The van der Waals surface area contributed by atoms with E-state index in [0.717, 1.165) is 16.8 Å². The number of amides is 1. The van der Waals surface area contributed by atoms with Gasteiger partial charge in [0.1, 0.15) is 6.04 Å². The molecule has 0 aliphatic heterocycles. The van der Waals surface area contributed by atoms with Crippen molar-refractivity contribution in [1.29, 1.82) is 0 Å². The molecule has 5 heteroatoms. The van der Waals surface area contributed by atoms with Crippen LogP contribution < -0.4 is 10.6 Å². The van der Waals surface area contributed by atoms with Crippen LogP contribution in [0.3, 0.4) is 0 Å². The molecule has 1 rings (SSSR count). The Hall–Kier alpha value is -1.88. The molecular formula is C13H18N2O3. The van der Waals surface area contributed by atoms with Crippen LogP contribution in [0.5, 0.6) is 0 Å². The average Bonchev–Trinajstić information content (AvgIpc) is 2.31. The lowest BCUT2D eigenvalue weighted by Gasteiger charge is -2.19. The molecule has 1 atom stereocenters. The maximum Gasteiger partial charge on any atom is 0.321 e. The third-order valence-electron chi connectivity index (χ3n) is 2.96. The summed E-state index contributed by atoms with van der Waals surface area (Å²) in [6, 6.07) is 4.48. The van der Waals surface area contributed by atoms with Crippen molar-refractivity contribution in [3.63, 3.8) is 0 Å². The van der Waals surface area contributed by atoms with Gasteiger partial charge in [0.05, 0.1) is 6.42 Å². The fraction of sp³-hybridized carbons (Fsp3) is 0.385. The van der Waals surface area contributed by atoms with Crippen molar-refractivity contribution < 1.29 is 14.7 Å². The van der Waals surface area contributed by atoms with Crippen molar-refractivity contribution in [2.45, 2.75) is 26.3 Å². The Labute approximate surface area is 106 Å². The lowest BCUT2D eigenvalue weighted by atomic mass is 10.1. The molecule has 1 aromatic rings. The van der Waals surface area contributed by atoms with E-state index in [1.165, 1.54) is 4.90 Å². The van der Waals surface area contributed by atoms with E-state index in [4.69, 9.17) is 10.8 Å². The van der Waals surface area contributed by atoms with Gasteiger partial charge in [-0.15, -0.1) is 0 Å². The van der Waals surface area contributed by atoms with Crippen molar-refractivity contribution in [3.05, 3.63) is 29.3 Å². The van der Waals surface area contributed by atoms with Crippen LogP contribution in [0, 0.1) is 13.8 Å². The molecule has 1 amide bonds. The van der Waals surface area contributed by atoms with Crippen LogP contribution in [0.15, 0.2) is 18.2 Å². The molecule has 1 aromatic carbocycles. The number of nitrogens with zero attached hydrogens (tertiary/aromatic N) is 1. The van der Waals surface area contributed by atoms with Gasteiger partial charge in [0.2, 0.25) is 5.91 Å². The van der Waals surface area contributed by atoms with Gasteiger partial charge in [0.15, 0.2) is 0 Å². The molecule has 0 bridgehead atoms. The average molecular weight is 250 g/mol. The van der Waals surface area contributed by atoms with Crippen molar-refractivity contribution in [3.8, 4) is 0 Å². The first kappa shape index (κ1) is 14.2. The molecule has 0 fully saturated rings. The number of nitrogens with two attached hydrogens (primary N) is 1. The first-order chi connectivity index (χ1) is 8.32. The standard InChI is InChI=1S/C13H18N2O3/c1-8-4-5-10(6-9(8)2)15(3)12(16)7-11(14)13(17)18/h4-6,11H,7,14H2,1-3H3,(H,17,18). The van der Waals surface area contributed by atoms with Gasteiger partial charge in [-0.05, 0) is 37.1 Å². The summed E-state index contributed by atoms with van der Waals surface area (Å²) in [7, 11) is 1.61. The van der Waals surface area contributed by atoms with Gasteiger partial charge in [-0.25, -0.2) is 0 Å². The van der Waals surface area contributed by atoms with E-state index in [0.29, 0.717) is 0 Å². The van der Waals surface area contributed by atoms with Crippen LogP contribution in [0.4, 0.5) is 5.69 Å². The van der Waals surface area contributed by atoms with E-state index < -0.39 is 12.0 Å². The summed E-state index contributed by atoms with van der Waals surface area (Å²) in [5, 5.41) is 8.67. The van der Waals surface area contributed by atoms with Crippen molar-refractivity contribution in [1.82, 2.24) is 0 Å². The molecule has 18 heavy (non-hydrogen) atoms. The predicted molar refractivity (Wildman–Crippen MR) is 69.6 cm³/mol. The van der Waals surface area contributed by atoms with Crippen LogP contribution in [-0.2, 0) is 9.59 Å². The Balaban J connectivity index is 2.80. The minimum absolute atomic E-state index is 0.210. The number of rotatable bonds is 4. The summed E-state index contributed by atoms with van der Waals surface area (Å²) in [5.41, 5.74) is 8.30. The molecule has 3 N–H and O–H groups in total. The Kier molecular flexibility index (Phi) is 4.44. The molecule has 0 saturated heterocycles. The number of hydrogen-bond donors (Lipinski definition) is 2. The molecule has 0 aromatic heterocycles. The largest absolute Gasteiger partial charge is 0.480 e. The minimum atomic E-state index is -1.17. The maximum atomic E-state index is 11.8. The lowest BCUT2D eigenvalue weighted by Crippen LogP contribution is -2.37. The highest BCUT2D eigenvalue weighted by molar-refractivity contribution is 5.95. The summed E-state index contributed by atoms with van der Waals surface area (Å²) in [4.78, 5) is 23.9. The Morgan fingerprint density at radius 3 is 2.44 bits per heavy atom. The van der Waals surface area contributed by atoms with Gasteiger partial charge in [0, 0.05) is 12.7 Å². The first-order valence-electron chi connectivity index (χ1n) is 5.65. The monoisotopic (exact) mass is 250 g/mol. The molecule has 0 heterocycles. The Morgan fingerprint density at radius 2 is 1.94 bits per heavy atom. The molecule has 0 saturated carbocycles. The summed E-state index contributed by atoms with van der Waals surface area (Å²) in [6.45, 7) is 3.95. The van der Waals surface area contributed by atoms with Gasteiger partial charge in [-0.1, -0.05) is 6.07 Å². The zero-order valence-corrected chi connectivity index (χ0v) is 10.8. The topological polar surface area (TPSA) is 83.6 Å². The first-order valence-corrected chi connectivity index (χ1v) is 5.65. The summed E-state index contributed by atoms with van der Waals surface area (Å²) < 4.78 is 0. The number of carbonyl (C=O) groups is 2. The zero-order valence-electron chi connectivity index (χ0n) is 10.8. The summed E-state index contributed by atoms with van der Waals surface area (Å²) in [5.74, 6) is -1.48. The van der Waals surface area contributed by atoms with E-state index in [1.807, 2.05) is 32.0 Å². The minimum Gasteiger partial charge on any atom is -0.480 e. The SMILES string of the molecule is Cc1ccc(N(C)C(=O)CC(N)C(=O)O)cc1C. The third-order valence-corrected chi connectivity index (χ3v) is 2.96. The van der Waals surface area contributed by atoms with Gasteiger partial charge >= 0.3 is 5.97 Å². The Morgan fingerprint density at radius 1 is 1.33 bits per heavy atom. The van der Waals surface area contributed by atoms with Crippen LogP contribution >= 0.6 is 0 Å². The number of benzene rings is 1. The fourth-order valence-electron chi connectivity index (χ4n) is 1.49. The molecule has 0 aliphatic carbocycles. The van der Waals surface area contributed by atoms with Crippen molar-refractivity contribution in [2.24, 2.45) is 5.73 Å². The number of aryl methyl sites for hydroxylation is 2. The predicted octanol–water partition coefficient (Wildman–Crippen LogP) is 1.07. The summed E-state index contributed by atoms with van der Waals surface area (Å²) in [6.07, 6.45) is -0.210. The van der Waals surface area contributed by atoms with E-state index in [2.05, 4.69) is 0 Å². The van der Waals surface area contributed by atoms with E-state index >= 15 is 0 Å². The number of carboxylic acids is 1. The molecule has 0 aliphatic rings. The quantitative estimate of drug-likeness (QED) is 0.837. The normalized spacial score (nSPS) is 12.0. The molecular weight excluding hydrogens is 232 g/mol. The second-order valence-electron chi connectivity index (χ2n) is 4.37. The number of hydrogen-bond acceptors (Lipinski definition) is 3. The van der Waals surface area contributed by atoms with Crippen LogP contribution in [0.1, 0.15) is 17.5 Å². The van der Waals surface area contributed by atoms with Gasteiger partial charge in [-0.3, -0.25) is 9.59 Å². The fourth-order valence-corrected chi connectivity index (χ4v) is 1.49. The second kappa shape index (κ2) is 5.64. The lowest BCUT2D eigenvalue weighted by molar-refractivity contribution is -0.140. The van der Waals surface area contributed by atoms with Crippen molar-refractivity contribution >= 4 is 17.6 Å². The maximum absolute atomic E-state index is 11.8. The number of aliphatic carboxylic acids is 1. The van der Waals surface area contributed by atoms with Crippen LogP contribution in [0.2, 0.25) is 0 Å². The number of carbonyl (C=O) groups excluding carboxylic acids is 1. The second-order valence-corrected chi connectivity index (χ2v) is 4.37. The van der Waals surface area contributed by atoms with Crippen LogP contribution in [-0.4, -0.2) is 30.1 Å². The highest BCUT2D eigenvalue weighted by Gasteiger charge is 2.19. The van der Waals surface area contributed by atoms with E-state index in [-0.39, 0.29) is 12.3 Å². The highest BCUT2D eigenvalue weighted by Crippen LogP contribution is 2.18. The van der Waals surface area contributed by atoms with Crippen molar-refractivity contribution in [2.75, 3.05) is 11.9 Å². The molecule has 1 unspecified atom stereocenters. The van der Waals surface area contributed by atoms with Gasteiger partial charge < -0.3 is 15.7 Å². The third kappa shape index (κ3) is 3.30. The van der Waals surface area contributed by atoms with Gasteiger partial charge in [-0.2, -0.15) is 0 Å².